The fourth-order valence-electron chi connectivity index (χ4n) is 2.49. The molecule has 1 aliphatic carbocycles. The number of thioether (sulfide) groups is 1. The van der Waals surface area contributed by atoms with Crippen LogP contribution in [0, 0.1) is 5.92 Å². The van der Waals surface area contributed by atoms with Gasteiger partial charge in [0.15, 0.2) is 0 Å². The Labute approximate surface area is 119 Å². The molecule has 0 amide bonds. The average Bonchev–Trinajstić information content (AvgIpc) is 3.30. The Hall–Kier alpha value is -1.41. The minimum absolute atomic E-state index is 0.453. The molecular formula is C17H19NS. The Bertz CT molecular complexity index is 534. The van der Waals surface area contributed by atoms with E-state index in [1.54, 1.807) is 11.8 Å². The van der Waals surface area contributed by atoms with Crippen LogP contribution in [0.5, 0.6) is 0 Å². The summed E-state index contributed by atoms with van der Waals surface area (Å²) in [6.45, 7) is 0. The quantitative estimate of drug-likeness (QED) is 0.769. The van der Waals surface area contributed by atoms with Gasteiger partial charge in [-0.25, -0.2) is 0 Å². The lowest BCUT2D eigenvalue weighted by Gasteiger charge is -2.21. The van der Waals surface area contributed by atoms with Gasteiger partial charge in [-0.05, 0) is 42.7 Å². The van der Waals surface area contributed by atoms with Gasteiger partial charge in [0, 0.05) is 10.6 Å². The third-order valence-corrected chi connectivity index (χ3v) is 4.47. The van der Waals surface area contributed by atoms with Crippen molar-refractivity contribution in [1.29, 1.82) is 0 Å². The maximum absolute atomic E-state index is 3.76. The molecule has 1 N–H and O–H groups in total. The highest BCUT2D eigenvalue weighted by Gasteiger charge is 2.32. The third-order valence-electron chi connectivity index (χ3n) is 3.67. The van der Waals surface area contributed by atoms with Gasteiger partial charge in [-0.3, -0.25) is 0 Å². The van der Waals surface area contributed by atoms with Gasteiger partial charge in [-0.2, -0.15) is 0 Å². The first-order valence-corrected chi connectivity index (χ1v) is 8.05. The second-order valence-electron chi connectivity index (χ2n) is 5.07. The fourth-order valence-corrected chi connectivity index (χ4v) is 3.06. The minimum Gasteiger partial charge on any atom is -0.377 e. The molecule has 0 spiro atoms. The number of hydrogen-bond donors (Lipinski definition) is 1. The van der Waals surface area contributed by atoms with Crippen molar-refractivity contribution >= 4 is 17.4 Å². The second-order valence-corrected chi connectivity index (χ2v) is 5.92. The molecule has 0 aliphatic heterocycles. The summed E-state index contributed by atoms with van der Waals surface area (Å²) in [4.78, 5) is 1.32. The SMILES string of the molecule is CSc1ccccc1NC(c1ccccc1)C1CC1. The molecule has 0 saturated heterocycles. The molecule has 0 heterocycles. The topological polar surface area (TPSA) is 12.0 Å². The zero-order valence-corrected chi connectivity index (χ0v) is 12.0. The third kappa shape index (κ3) is 2.95. The van der Waals surface area contributed by atoms with Crippen molar-refractivity contribution in [3.8, 4) is 0 Å². The molecule has 3 rings (SSSR count). The molecule has 0 aromatic heterocycles. The van der Waals surface area contributed by atoms with Crippen molar-refractivity contribution in [3.05, 3.63) is 60.2 Å². The van der Waals surface area contributed by atoms with Crippen molar-refractivity contribution < 1.29 is 0 Å². The number of hydrogen-bond acceptors (Lipinski definition) is 2. The van der Waals surface area contributed by atoms with E-state index in [-0.39, 0.29) is 0 Å². The summed E-state index contributed by atoms with van der Waals surface area (Å²) >= 11 is 1.80. The van der Waals surface area contributed by atoms with Crippen LogP contribution in [0.2, 0.25) is 0 Å². The Kier molecular flexibility index (Phi) is 3.79. The standard InChI is InChI=1S/C17H19NS/c1-19-16-10-6-5-9-15(16)18-17(14-11-12-14)13-7-3-2-4-8-13/h2-10,14,17-18H,11-12H2,1H3. The Morgan fingerprint density at radius 3 is 2.37 bits per heavy atom. The summed E-state index contributed by atoms with van der Waals surface area (Å²) in [6.07, 6.45) is 4.82. The van der Waals surface area contributed by atoms with Gasteiger partial charge in [-0.15, -0.1) is 11.8 Å². The summed E-state index contributed by atoms with van der Waals surface area (Å²) in [5.74, 6) is 0.789. The maximum Gasteiger partial charge on any atom is 0.0542 e. The van der Waals surface area contributed by atoms with Crippen LogP contribution in [-0.2, 0) is 0 Å². The van der Waals surface area contributed by atoms with E-state index in [0.29, 0.717) is 6.04 Å². The second kappa shape index (κ2) is 5.70. The molecule has 0 radical (unpaired) electrons. The smallest absolute Gasteiger partial charge is 0.0542 e. The number of benzene rings is 2. The lowest BCUT2D eigenvalue weighted by Crippen LogP contribution is -2.13. The van der Waals surface area contributed by atoms with E-state index in [9.17, 15) is 0 Å². The van der Waals surface area contributed by atoms with Gasteiger partial charge >= 0.3 is 0 Å². The number of nitrogens with one attached hydrogen (secondary N) is 1. The Morgan fingerprint density at radius 2 is 1.68 bits per heavy atom. The minimum atomic E-state index is 0.453. The van der Waals surface area contributed by atoms with Crippen LogP contribution in [0.4, 0.5) is 5.69 Å². The summed E-state index contributed by atoms with van der Waals surface area (Å²) in [5.41, 5.74) is 2.66. The molecule has 2 heteroatoms. The van der Waals surface area contributed by atoms with E-state index < -0.39 is 0 Å². The summed E-state index contributed by atoms with van der Waals surface area (Å²) < 4.78 is 0. The zero-order valence-electron chi connectivity index (χ0n) is 11.2. The van der Waals surface area contributed by atoms with Gasteiger partial charge < -0.3 is 5.32 Å². The Morgan fingerprint density at radius 1 is 1.00 bits per heavy atom. The van der Waals surface area contributed by atoms with Crippen LogP contribution >= 0.6 is 11.8 Å². The van der Waals surface area contributed by atoms with Crippen molar-refractivity contribution in [1.82, 2.24) is 0 Å². The highest BCUT2D eigenvalue weighted by molar-refractivity contribution is 7.98. The molecule has 1 unspecified atom stereocenters. The van der Waals surface area contributed by atoms with E-state index in [2.05, 4.69) is 66.2 Å². The van der Waals surface area contributed by atoms with E-state index >= 15 is 0 Å². The molecule has 1 aliphatic rings. The van der Waals surface area contributed by atoms with Crippen LogP contribution < -0.4 is 5.32 Å². The largest absolute Gasteiger partial charge is 0.377 e. The van der Waals surface area contributed by atoms with E-state index in [1.165, 1.54) is 29.0 Å². The van der Waals surface area contributed by atoms with Crippen molar-refractivity contribution in [2.45, 2.75) is 23.8 Å². The molecule has 98 valence electrons. The highest BCUT2D eigenvalue weighted by Crippen LogP contribution is 2.43. The number of para-hydroxylation sites is 1. The molecule has 2 aromatic carbocycles. The first kappa shape index (κ1) is 12.6. The van der Waals surface area contributed by atoms with Crippen LogP contribution in [0.3, 0.4) is 0 Å². The maximum atomic E-state index is 3.76. The monoisotopic (exact) mass is 269 g/mol. The zero-order chi connectivity index (χ0) is 13.1. The molecule has 2 aromatic rings. The Balaban J connectivity index is 1.86. The highest BCUT2D eigenvalue weighted by atomic mass is 32.2. The molecule has 1 atom stereocenters. The van der Waals surface area contributed by atoms with Crippen molar-refractivity contribution in [3.63, 3.8) is 0 Å². The van der Waals surface area contributed by atoms with Gasteiger partial charge in [0.25, 0.3) is 0 Å². The number of anilines is 1. The molecular weight excluding hydrogens is 250 g/mol. The van der Waals surface area contributed by atoms with E-state index in [4.69, 9.17) is 0 Å². The molecule has 1 fully saturated rings. The van der Waals surface area contributed by atoms with Crippen LogP contribution in [0.15, 0.2) is 59.5 Å². The van der Waals surface area contributed by atoms with Crippen LogP contribution in [0.1, 0.15) is 24.4 Å². The molecule has 0 bridgehead atoms. The van der Waals surface area contributed by atoms with E-state index in [1.807, 2.05) is 0 Å². The lowest BCUT2D eigenvalue weighted by atomic mass is 10.0. The van der Waals surface area contributed by atoms with Crippen LogP contribution in [-0.4, -0.2) is 6.26 Å². The molecule has 19 heavy (non-hydrogen) atoms. The summed E-state index contributed by atoms with van der Waals surface area (Å²) in [6, 6.07) is 19.8. The van der Waals surface area contributed by atoms with Crippen molar-refractivity contribution in [2.75, 3.05) is 11.6 Å². The first-order chi connectivity index (χ1) is 9.38. The molecule has 1 saturated carbocycles. The summed E-state index contributed by atoms with van der Waals surface area (Å²) in [5, 5.41) is 3.76. The normalized spacial score (nSPS) is 16.1. The van der Waals surface area contributed by atoms with E-state index in [0.717, 1.165) is 5.92 Å². The van der Waals surface area contributed by atoms with Gasteiger partial charge in [0.05, 0.1) is 6.04 Å². The predicted octanol–water partition coefficient (Wildman–Crippen LogP) is 4.97. The van der Waals surface area contributed by atoms with Gasteiger partial charge in [0.2, 0.25) is 0 Å². The van der Waals surface area contributed by atoms with Crippen LogP contribution in [0.25, 0.3) is 0 Å². The first-order valence-electron chi connectivity index (χ1n) is 6.83. The predicted molar refractivity (Wildman–Crippen MR) is 83.8 cm³/mol. The molecule has 1 nitrogen and oxygen atoms in total. The summed E-state index contributed by atoms with van der Waals surface area (Å²) in [7, 11) is 0. The fraction of sp³-hybridized carbons (Fsp3) is 0.294. The van der Waals surface area contributed by atoms with Gasteiger partial charge in [0.1, 0.15) is 0 Å². The average molecular weight is 269 g/mol. The van der Waals surface area contributed by atoms with Crippen molar-refractivity contribution in [2.24, 2.45) is 5.92 Å². The lowest BCUT2D eigenvalue weighted by molar-refractivity contribution is 0.677. The van der Waals surface area contributed by atoms with Gasteiger partial charge in [-0.1, -0.05) is 42.5 Å². The number of rotatable bonds is 5.